The first-order valence-corrected chi connectivity index (χ1v) is 9.33. The van der Waals surface area contributed by atoms with Crippen LogP contribution in [-0.4, -0.2) is 33.8 Å². The van der Waals surface area contributed by atoms with Crippen LogP contribution in [0.3, 0.4) is 0 Å². The summed E-state index contributed by atoms with van der Waals surface area (Å²) >= 11 is 0. The van der Waals surface area contributed by atoms with Gasteiger partial charge in [-0.05, 0) is 49.1 Å². The van der Waals surface area contributed by atoms with Gasteiger partial charge in [0.15, 0.2) is 5.96 Å². The summed E-state index contributed by atoms with van der Waals surface area (Å²) in [7, 11) is 5.20. The molecule has 5 nitrogen and oxygen atoms in total. The maximum atomic E-state index is 5.48. The molecule has 0 spiro atoms. The third-order valence-corrected chi connectivity index (χ3v) is 5.26. The molecule has 0 heterocycles. The molecule has 2 aromatic carbocycles. The highest BCUT2D eigenvalue weighted by Crippen LogP contribution is 2.47. The van der Waals surface area contributed by atoms with Crippen molar-refractivity contribution in [3.8, 4) is 11.5 Å². The first-order valence-electron chi connectivity index (χ1n) is 9.33. The second-order valence-electron chi connectivity index (χ2n) is 7.10. The zero-order chi connectivity index (χ0) is 19.3. The van der Waals surface area contributed by atoms with Gasteiger partial charge in [-0.2, -0.15) is 0 Å². The van der Waals surface area contributed by atoms with Gasteiger partial charge in [-0.25, -0.2) is 0 Å². The quantitative estimate of drug-likeness (QED) is 0.346. The van der Waals surface area contributed by atoms with Crippen LogP contribution in [0.5, 0.6) is 11.5 Å². The maximum Gasteiger partial charge on any atom is 0.191 e. The number of benzene rings is 2. The summed E-state index contributed by atoms with van der Waals surface area (Å²) in [6.07, 6.45) is 2.38. The standard InChI is InChI=1S/C22H29N3O2.HI/c1-16-5-6-17(20(13-16)27-4)14-24-21(23-2)25-15-22(11-12-22)18-7-9-19(26-3)10-8-18;/h5-10,13H,11-12,14-15H2,1-4H3,(H2,23,24,25);1H. The second kappa shape index (κ2) is 10.0. The van der Waals surface area contributed by atoms with Gasteiger partial charge in [0.05, 0.1) is 14.2 Å². The van der Waals surface area contributed by atoms with Crippen molar-refractivity contribution in [1.82, 2.24) is 10.6 Å². The van der Waals surface area contributed by atoms with Crippen molar-refractivity contribution in [3.05, 3.63) is 59.2 Å². The van der Waals surface area contributed by atoms with Crippen molar-refractivity contribution in [2.45, 2.75) is 31.7 Å². The van der Waals surface area contributed by atoms with Crippen molar-refractivity contribution in [1.29, 1.82) is 0 Å². The maximum absolute atomic E-state index is 5.48. The number of aliphatic imine (C=N–C) groups is 1. The molecule has 0 radical (unpaired) electrons. The van der Waals surface area contributed by atoms with Gasteiger partial charge >= 0.3 is 0 Å². The molecule has 0 bridgehead atoms. The number of ether oxygens (including phenoxy) is 2. The number of rotatable bonds is 7. The van der Waals surface area contributed by atoms with Crippen LogP contribution in [0.4, 0.5) is 0 Å². The Kier molecular flexibility index (Phi) is 7.98. The van der Waals surface area contributed by atoms with Crippen LogP contribution >= 0.6 is 24.0 Å². The van der Waals surface area contributed by atoms with Gasteiger partial charge in [0.25, 0.3) is 0 Å². The normalized spacial score (nSPS) is 14.6. The van der Waals surface area contributed by atoms with Crippen LogP contribution in [0.25, 0.3) is 0 Å². The molecule has 0 atom stereocenters. The molecule has 2 aromatic rings. The predicted molar refractivity (Wildman–Crippen MR) is 125 cm³/mol. The van der Waals surface area contributed by atoms with Crippen molar-refractivity contribution in [2.75, 3.05) is 27.8 Å². The lowest BCUT2D eigenvalue weighted by Gasteiger charge is -2.20. The Morgan fingerprint density at radius 2 is 1.75 bits per heavy atom. The summed E-state index contributed by atoms with van der Waals surface area (Å²) in [6.45, 7) is 3.59. The highest BCUT2D eigenvalue weighted by Gasteiger charge is 2.44. The van der Waals surface area contributed by atoms with Gasteiger partial charge in [0, 0.05) is 31.1 Å². The molecule has 1 aliphatic carbocycles. The molecule has 0 unspecified atom stereocenters. The topological polar surface area (TPSA) is 54.9 Å². The minimum Gasteiger partial charge on any atom is -0.497 e. The average Bonchev–Trinajstić information content (AvgIpc) is 3.50. The molecule has 2 N–H and O–H groups in total. The molecule has 0 saturated heterocycles. The lowest BCUT2D eigenvalue weighted by Crippen LogP contribution is -2.40. The fourth-order valence-electron chi connectivity index (χ4n) is 3.31. The Morgan fingerprint density at radius 1 is 1.04 bits per heavy atom. The number of hydrogen-bond donors (Lipinski definition) is 2. The van der Waals surface area contributed by atoms with Crippen LogP contribution in [0.15, 0.2) is 47.5 Å². The van der Waals surface area contributed by atoms with E-state index >= 15 is 0 Å². The molecule has 6 heteroatoms. The van der Waals surface area contributed by atoms with Gasteiger partial charge in [-0.1, -0.05) is 24.3 Å². The fourth-order valence-corrected chi connectivity index (χ4v) is 3.31. The second-order valence-corrected chi connectivity index (χ2v) is 7.10. The molecule has 0 aromatic heterocycles. The van der Waals surface area contributed by atoms with E-state index in [1.165, 1.54) is 24.0 Å². The predicted octanol–water partition coefficient (Wildman–Crippen LogP) is 4.03. The monoisotopic (exact) mass is 495 g/mol. The number of aryl methyl sites for hydroxylation is 1. The Bertz CT molecular complexity index is 802. The number of hydrogen-bond acceptors (Lipinski definition) is 3. The third-order valence-electron chi connectivity index (χ3n) is 5.26. The zero-order valence-electron chi connectivity index (χ0n) is 17.0. The van der Waals surface area contributed by atoms with E-state index in [-0.39, 0.29) is 29.4 Å². The van der Waals surface area contributed by atoms with Crippen molar-refractivity contribution in [3.63, 3.8) is 0 Å². The van der Waals surface area contributed by atoms with Gasteiger partial charge < -0.3 is 20.1 Å². The van der Waals surface area contributed by atoms with Crippen molar-refractivity contribution in [2.24, 2.45) is 4.99 Å². The van der Waals surface area contributed by atoms with Gasteiger partial charge in [-0.3, -0.25) is 4.99 Å². The van der Waals surface area contributed by atoms with E-state index in [1.54, 1.807) is 21.3 Å². The van der Waals surface area contributed by atoms with E-state index in [0.29, 0.717) is 6.54 Å². The number of methoxy groups -OCH3 is 2. The van der Waals surface area contributed by atoms with Crippen molar-refractivity contribution < 1.29 is 9.47 Å². The molecule has 0 aliphatic heterocycles. The van der Waals surface area contributed by atoms with E-state index in [1.807, 2.05) is 12.1 Å². The van der Waals surface area contributed by atoms with E-state index in [4.69, 9.17) is 9.47 Å². The Labute approximate surface area is 184 Å². The van der Waals surface area contributed by atoms with Crippen LogP contribution in [0, 0.1) is 6.92 Å². The van der Waals surface area contributed by atoms with E-state index in [2.05, 4.69) is 52.9 Å². The molecule has 0 amide bonds. The van der Waals surface area contributed by atoms with Crippen LogP contribution in [0.1, 0.15) is 29.5 Å². The summed E-state index contributed by atoms with van der Waals surface area (Å²) in [5.41, 5.74) is 3.85. The summed E-state index contributed by atoms with van der Waals surface area (Å²) in [4.78, 5) is 4.36. The smallest absolute Gasteiger partial charge is 0.191 e. The first-order chi connectivity index (χ1) is 13.1. The lowest BCUT2D eigenvalue weighted by atomic mass is 9.96. The molecule has 1 aliphatic rings. The summed E-state index contributed by atoms with van der Waals surface area (Å²) < 4.78 is 10.7. The third kappa shape index (κ3) is 5.31. The van der Waals surface area contributed by atoms with Gasteiger partial charge in [-0.15, -0.1) is 24.0 Å². The van der Waals surface area contributed by atoms with Crippen LogP contribution in [0.2, 0.25) is 0 Å². The van der Waals surface area contributed by atoms with Gasteiger partial charge in [0.1, 0.15) is 11.5 Å². The fraction of sp³-hybridized carbons (Fsp3) is 0.409. The van der Waals surface area contributed by atoms with Gasteiger partial charge in [0.2, 0.25) is 0 Å². The number of guanidine groups is 1. The largest absolute Gasteiger partial charge is 0.497 e. The minimum absolute atomic E-state index is 0. The average molecular weight is 495 g/mol. The van der Waals surface area contributed by atoms with Crippen LogP contribution < -0.4 is 20.1 Å². The first kappa shape index (κ1) is 22.3. The minimum atomic E-state index is 0. The lowest BCUT2D eigenvalue weighted by molar-refractivity contribution is 0.408. The van der Waals surface area contributed by atoms with E-state index in [0.717, 1.165) is 29.6 Å². The molecule has 3 rings (SSSR count). The summed E-state index contributed by atoms with van der Waals surface area (Å²) in [5, 5.41) is 6.87. The van der Waals surface area contributed by atoms with E-state index in [9.17, 15) is 0 Å². The zero-order valence-corrected chi connectivity index (χ0v) is 19.4. The molecular weight excluding hydrogens is 465 g/mol. The van der Waals surface area contributed by atoms with E-state index < -0.39 is 0 Å². The molecule has 152 valence electrons. The highest BCUT2D eigenvalue weighted by atomic mass is 127. The Morgan fingerprint density at radius 3 is 2.32 bits per heavy atom. The van der Waals surface area contributed by atoms with Crippen molar-refractivity contribution >= 4 is 29.9 Å². The number of halogens is 1. The highest BCUT2D eigenvalue weighted by molar-refractivity contribution is 14.0. The summed E-state index contributed by atoms with van der Waals surface area (Å²) in [6, 6.07) is 14.6. The number of nitrogens with one attached hydrogen (secondary N) is 2. The number of nitrogens with zero attached hydrogens (tertiary/aromatic N) is 1. The molecule has 1 saturated carbocycles. The SMILES string of the molecule is CN=C(NCc1ccc(C)cc1OC)NCC1(c2ccc(OC)cc2)CC1.I. The Balaban J connectivity index is 0.00000280. The Hall–Kier alpha value is -1.96. The molecule has 1 fully saturated rings. The molecule has 28 heavy (non-hydrogen) atoms. The van der Waals surface area contributed by atoms with Crippen LogP contribution in [-0.2, 0) is 12.0 Å². The molecular formula is C22H30IN3O2. The summed E-state index contributed by atoms with van der Waals surface area (Å²) in [5.74, 6) is 2.60.